The highest BCUT2D eigenvalue weighted by atomic mass is 35.5. The standard InChI is InChI=1S/C23H22ClF7N2O3S/c1-12-10-13(21(25,22(26,27)28)23(29,30)31)8-9-16(12)33-18(32-20(2,3)11-37(4,35)36)17-14(19(33)34)6-5-7-15(17)24/h5-10,32,34H,11H2,1-4H3. The highest BCUT2D eigenvalue weighted by Crippen LogP contribution is 2.53. The van der Waals surface area contributed by atoms with Gasteiger partial charge in [-0.1, -0.05) is 29.8 Å². The summed E-state index contributed by atoms with van der Waals surface area (Å²) in [6, 6.07) is 5.97. The molecule has 14 heteroatoms. The first-order chi connectivity index (χ1) is 16.6. The van der Waals surface area contributed by atoms with Gasteiger partial charge < -0.3 is 10.4 Å². The topological polar surface area (TPSA) is 71.3 Å². The molecule has 0 spiro atoms. The number of aromatic nitrogens is 1. The van der Waals surface area contributed by atoms with Crippen molar-refractivity contribution in [3.05, 3.63) is 52.5 Å². The summed E-state index contributed by atoms with van der Waals surface area (Å²) in [5.74, 6) is -0.831. The highest BCUT2D eigenvalue weighted by Gasteiger charge is 2.73. The molecule has 1 heterocycles. The first-order valence-electron chi connectivity index (χ1n) is 10.5. The first-order valence-corrected chi connectivity index (χ1v) is 13.0. The van der Waals surface area contributed by atoms with Crippen molar-refractivity contribution in [1.82, 2.24) is 4.57 Å². The summed E-state index contributed by atoms with van der Waals surface area (Å²) >= 11 is 6.34. The second-order valence-electron chi connectivity index (χ2n) is 9.40. The normalized spacial score (nSPS) is 13.8. The van der Waals surface area contributed by atoms with Gasteiger partial charge in [0, 0.05) is 28.1 Å². The van der Waals surface area contributed by atoms with E-state index in [1.807, 2.05) is 0 Å². The van der Waals surface area contributed by atoms with Crippen molar-refractivity contribution >= 4 is 38.0 Å². The van der Waals surface area contributed by atoms with E-state index in [-0.39, 0.29) is 38.6 Å². The fourth-order valence-corrected chi connectivity index (χ4v) is 5.91. The molecule has 3 aromatic rings. The van der Waals surface area contributed by atoms with Gasteiger partial charge in [-0.15, -0.1) is 0 Å². The Morgan fingerprint density at radius 1 is 1.00 bits per heavy atom. The molecule has 0 radical (unpaired) electrons. The predicted molar refractivity (Wildman–Crippen MR) is 127 cm³/mol. The van der Waals surface area contributed by atoms with Crippen LogP contribution in [0.25, 0.3) is 16.5 Å². The van der Waals surface area contributed by atoms with Crippen molar-refractivity contribution in [2.45, 2.75) is 44.3 Å². The third-order valence-electron chi connectivity index (χ3n) is 5.62. The summed E-state index contributed by atoms with van der Waals surface area (Å²) in [5, 5.41) is 14.5. The zero-order valence-corrected chi connectivity index (χ0v) is 21.4. The lowest BCUT2D eigenvalue weighted by atomic mass is 9.92. The SMILES string of the molecule is Cc1cc(C(F)(C(F)(F)F)C(F)(F)F)ccc1-n1c(O)c2cccc(Cl)c2c1NC(C)(C)CS(C)(=O)=O. The summed E-state index contributed by atoms with van der Waals surface area (Å²) in [6.45, 7) is 4.21. The molecule has 0 aliphatic carbocycles. The van der Waals surface area contributed by atoms with Gasteiger partial charge in [0.15, 0.2) is 0 Å². The number of benzene rings is 2. The highest BCUT2D eigenvalue weighted by molar-refractivity contribution is 7.90. The third-order valence-corrected chi connectivity index (χ3v) is 7.18. The molecule has 3 rings (SSSR count). The van der Waals surface area contributed by atoms with Crippen molar-refractivity contribution in [3.8, 4) is 11.6 Å². The molecule has 0 saturated carbocycles. The number of fused-ring (bicyclic) bond motifs is 1. The number of hydrogen-bond donors (Lipinski definition) is 2. The maximum absolute atomic E-state index is 14.6. The van der Waals surface area contributed by atoms with Crippen LogP contribution < -0.4 is 5.32 Å². The number of nitrogens with one attached hydrogen (secondary N) is 1. The van der Waals surface area contributed by atoms with E-state index in [9.17, 15) is 44.3 Å². The summed E-state index contributed by atoms with van der Waals surface area (Å²) in [4.78, 5) is 0. The smallest absolute Gasteiger partial charge is 0.435 e. The zero-order valence-electron chi connectivity index (χ0n) is 19.8. The van der Waals surface area contributed by atoms with E-state index in [0.717, 1.165) is 23.8 Å². The maximum Gasteiger partial charge on any atom is 0.435 e. The van der Waals surface area contributed by atoms with Gasteiger partial charge >= 0.3 is 18.0 Å². The molecule has 204 valence electrons. The Kier molecular flexibility index (Phi) is 7.00. The van der Waals surface area contributed by atoms with Crippen LogP contribution in [0.1, 0.15) is 25.0 Å². The molecule has 2 N–H and O–H groups in total. The van der Waals surface area contributed by atoms with Gasteiger partial charge in [0.25, 0.3) is 0 Å². The van der Waals surface area contributed by atoms with Gasteiger partial charge in [0.05, 0.1) is 16.5 Å². The number of hydrogen-bond acceptors (Lipinski definition) is 4. The van der Waals surface area contributed by atoms with Crippen molar-refractivity contribution in [2.75, 3.05) is 17.3 Å². The van der Waals surface area contributed by atoms with E-state index in [4.69, 9.17) is 11.6 Å². The van der Waals surface area contributed by atoms with Gasteiger partial charge in [0.1, 0.15) is 15.7 Å². The largest absolute Gasteiger partial charge is 0.494 e. The van der Waals surface area contributed by atoms with Crippen LogP contribution in [0.2, 0.25) is 5.02 Å². The molecule has 0 unspecified atom stereocenters. The van der Waals surface area contributed by atoms with Gasteiger partial charge in [-0.2, -0.15) is 26.3 Å². The number of nitrogens with zero attached hydrogens (tertiary/aromatic N) is 1. The van der Waals surface area contributed by atoms with Crippen molar-refractivity contribution < 1.29 is 44.3 Å². The Balaban J connectivity index is 2.31. The minimum absolute atomic E-state index is 0.0285. The Hall–Kier alpha value is -2.67. The van der Waals surface area contributed by atoms with Crippen LogP contribution in [0, 0.1) is 6.92 Å². The molecular formula is C23H22ClF7N2O3S. The fourth-order valence-electron chi connectivity index (χ4n) is 4.26. The number of sulfone groups is 1. The second kappa shape index (κ2) is 8.97. The molecule has 0 bridgehead atoms. The third kappa shape index (κ3) is 5.20. The lowest BCUT2D eigenvalue weighted by Crippen LogP contribution is -2.50. The van der Waals surface area contributed by atoms with Crippen LogP contribution in [0.15, 0.2) is 36.4 Å². The lowest BCUT2D eigenvalue weighted by Gasteiger charge is -2.31. The summed E-state index contributed by atoms with van der Waals surface area (Å²) in [7, 11) is -3.52. The monoisotopic (exact) mass is 574 g/mol. The minimum atomic E-state index is -6.29. The van der Waals surface area contributed by atoms with Crippen LogP contribution in [-0.2, 0) is 15.5 Å². The molecule has 0 atom stereocenters. The maximum atomic E-state index is 14.6. The van der Waals surface area contributed by atoms with Gasteiger partial charge in [0.2, 0.25) is 5.88 Å². The van der Waals surface area contributed by atoms with Crippen LogP contribution in [-0.4, -0.2) is 48.0 Å². The van der Waals surface area contributed by atoms with Crippen molar-refractivity contribution in [3.63, 3.8) is 0 Å². The van der Waals surface area contributed by atoms with Crippen LogP contribution in [0.5, 0.6) is 5.88 Å². The van der Waals surface area contributed by atoms with Crippen LogP contribution >= 0.6 is 11.6 Å². The second-order valence-corrected chi connectivity index (χ2v) is 12.0. The molecular weight excluding hydrogens is 553 g/mol. The Bertz CT molecular complexity index is 1450. The zero-order chi connectivity index (χ0) is 28.4. The predicted octanol–water partition coefficient (Wildman–Crippen LogP) is 6.82. The summed E-state index contributed by atoms with van der Waals surface area (Å²) < 4.78 is 119. The fraction of sp³-hybridized carbons (Fsp3) is 0.391. The minimum Gasteiger partial charge on any atom is -0.494 e. The quantitative estimate of drug-likeness (QED) is 0.317. The number of aryl methyl sites for hydroxylation is 1. The molecule has 0 amide bonds. The Morgan fingerprint density at radius 2 is 1.57 bits per heavy atom. The number of aromatic hydroxyl groups is 1. The number of halogens is 8. The first kappa shape index (κ1) is 28.9. The van der Waals surface area contributed by atoms with E-state index >= 15 is 0 Å². The molecule has 1 aromatic heterocycles. The molecule has 0 aliphatic heterocycles. The Labute approximate surface area is 212 Å². The molecule has 37 heavy (non-hydrogen) atoms. The molecule has 0 saturated heterocycles. The van der Waals surface area contributed by atoms with Crippen LogP contribution in [0.3, 0.4) is 0 Å². The number of anilines is 1. The Morgan fingerprint density at radius 3 is 2.05 bits per heavy atom. The lowest BCUT2D eigenvalue weighted by molar-refractivity contribution is -0.348. The van der Waals surface area contributed by atoms with E-state index in [0.29, 0.717) is 12.1 Å². The molecule has 5 nitrogen and oxygen atoms in total. The molecule has 0 fully saturated rings. The van der Waals surface area contributed by atoms with Gasteiger partial charge in [-0.05, 0) is 44.5 Å². The van der Waals surface area contributed by atoms with Gasteiger partial charge in [-0.25, -0.2) is 12.8 Å². The van der Waals surface area contributed by atoms with E-state index < -0.39 is 44.8 Å². The van der Waals surface area contributed by atoms with E-state index in [1.54, 1.807) is 0 Å². The van der Waals surface area contributed by atoms with Crippen molar-refractivity contribution in [1.29, 1.82) is 0 Å². The van der Waals surface area contributed by atoms with Crippen molar-refractivity contribution in [2.24, 2.45) is 0 Å². The summed E-state index contributed by atoms with van der Waals surface area (Å²) in [5.41, 5.74) is -8.83. The average molecular weight is 575 g/mol. The summed E-state index contributed by atoms with van der Waals surface area (Å²) in [6.07, 6.45) is -11.6. The van der Waals surface area contributed by atoms with Gasteiger partial charge in [-0.3, -0.25) is 4.57 Å². The van der Waals surface area contributed by atoms with E-state index in [2.05, 4.69) is 5.32 Å². The van der Waals surface area contributed by atoms with Crippen LogP contribution in [0.4, 0.5) is 36.6 Å². The molecule has 0 aliphatic rings. The average Bonchev–Trinajstić information content (AvgIpc) is 2.96. The number of rotatable bonds is 6. The number of alkyl halides is 7. The molecule has 2 aromatic carbocycles. The van der Waals surface area contributed by atoms with E-state index in [1.165, 1.54) is 32.0 Å².